The summed E-state index contributed by atoms with van der Waals surface area (Å²) in [6.45, 7) is 0.626. The monoisotopic (exact) mass is 433 g/mol. The number of likely N-dealkylation sites (N-methyl/N-ethyl adjacent to an activating group) is 1. The highest BCUT2D eigenvalue weighted by molar-refractivity contribution is 5.95. The molecule has 0 bridgehead atoms. The van der Waals surface area contributed by atoms with Crippen molar-refractivity contribution in [2.45, 2.75) is 18.9 Å². The zero-order valence-electron chi connectivity index (χ0n) is 18.3. The van der Waals surface area contributed by atoms with Gasteiger partial charge in [0.25, 0.3) is 11.8 Å². The molecule has 2 heterocycles. The molecule has 7 nitrogen and oxygen atoms in total. The summed E-state index contributed by atoms with van der Waals surface area (Å²) in [5, 5.41) is 2.98. The molecular formula is C25H27N3O4. The van der Waals surface area contributed by atoms with Crippen molar-refractivity contribution in [3.05, 3.63) is 83.7 Å². The average molecular weight is 434 g/mol. The molecule has 3 aromatic rings. The summed E-state index contributed by atoms with van der Waals surface area (Å²) in [5.74, 6) is 1.01. The molecule has 166 valence electrons. The molecule has 1 N–H and O–H groups in total. The molecule has 0 saturated heterocycles. The van der Waals surface area contributed by atoms with Gasteiger partial charge in [-0.2, -0.15) is 0 Å². The summed E-state index contributed by atoms with van der Waals surface area (Å²) >= 11 is 0. The highest BCUT2D eigenvalue weighted by Gasteiger charge is 2.24. The first-order valence-electron chi connectivity index (χ1n) is 10.6. The van der Waals surface area contributed by atoms with Gasteiger partial charge in [-0.15, -0.1) is 0 Å². The predicted octanol–water partition coefficient (Wildman–Crippen LogP) is 3.26. The summed E-state index contributed by atoms with van der Waals surface area (Å²) in [5.41, 5.74) is 2.29. The van der Waals surface area contributed by atoms with Crippen molar-refractivity contribution >= 4 is 11.8 Å². The van der Waals surface area contributed by atoms with E-state index in [2.05, 4.69) is 17.4 Å². The Kier molecular flexibility index (Phi) is 6.44. The minimum Gasteiger partial charge on any atom is -0.454 e. The van der Waals surface area contributed by atoms with Crippen LogP contribution in [0.5, 0.6) is 11.5 Å². The molecule has 32 heavy (non-hydrogen) atoms. The first-order valence-corrected chi connectivity index (χ1v) is 10.6. The van der Waals surface area contributed by atoms with Crippen LogP contribution in [-0.4, -0.2) is 47.7 Å². The molecule has 0 spiro atoms. The van der Waals surface area contributed by atoms with E-state index in [0.717, 1.165) is 5.56 Å². The second-order valence-corrected chi connectivity index (χ2v) is 7.88. The summed E-state index contributed by atoms with van der Waals surface area (Å²) in [6.07, 6.45) is 3.15. The number of amides is 2. The summed E-state index contributed by atoms with van der Waals surface area (Å²) in [6, 6.07) is 18.8. The van der Waals surface area contributed by atoms with Crippen molar-refractivity contribution in [1.29, 1.82) is 0 Å². The SMILES string of the molecule is CN(C(=O)c1ccc2c(c1)OCO2)[C@H](CCNC(=O)c1cccn1C)Cc1ccccc1. The third-order valence-electron chi connectivity index (χ3n) is 5.74. The largest absolute Gasteiger partial charge is 0.454 e. The van der Waals surface area contributed by atoms with E-state index in [1.54, 1.807) is 40.8 Å². The highest BCUT2D eigenvalue weighted by atomic mass is 16.7. The maximum absolute atomic E-state index is 13.2. The fraction of sp³-hybridized carbons (Fsp3) is 0.280. The highest BCUT2D eigenvalue weighted by Crippen LogP contribution is 2.33. The fourth-order valence-corrected chi connectivity index (χ4v) is 3.86. The van der Waals surface area contributed by atoms with Gasteiger partial charge in [-0.25, -0.2) is 0 Å². The summed E-state index contributed by atoms with van der Waals surface area (Å²) in [7, 11) is 3.64. The molecular weight excluding hydrogens is 406 g/mol. The zero-order valence-corrected chi connectivity index (χ0v) is 18.3. The molecule has 1 aromatic heterocycles. The van der Waals surface area contributed by atoms with Crippen molar-refractivity contribution < 1.29 is 19.1 Å². The molecule has 1 aliphatic rings. The van der Waals surface area contributed by atoms with Gasteiger partial charge in [0.15, 0.2) is 11.5 Å². The van der Waals surface area contributed by atoms with Gasteiger partial charge in [-0.1, -0.05) is 30.3 Å². The fourth-order valence-electron chi connectivity index (χ4n) is 3.86. The lowest BCUT2D eigenvalue weighted by atomic mass is 10.0. The van der Waals surface area contributed by atoms with Crippen molar-refractivity contribution in [2.75, 3.05) is 20.4 Å². The third kappa shape index (κ3) is 4.77. The van der Waals surface area contributed by atoms with Crippen LogP contribution in [0.15, 0.2) is 66.9 Å². The van der Waals surface area contributed by atoms with Crippen molar-refractivity contribution in [3.63, 3.8) is 0 Å². The van der Waals surface area contributed by atoms with Crippen LogP contribution in [0.3, 0.4) is 0 Å². The number of rotatable bonds is 8. The first-order chi connectivity index (χ1) is 15.5. The van der Waals surface area contributed by atoms with Crippen LogP contribution in [-0.2, 0) is 13.5 Å². The molecule has 0 radical (unpaired) electrons. The van der Waals surface area contributed by atoms with Gasteiger partial charge in [0.2, 0.25) is 6.79 Å². The lowest BCUT2D eigenvalue weighted by molar-refractivity contribution is 0.0722. The van der Waals surface area contributed by atoms with E-state index in [9.17, 15) is 9.59 Å². The molecule has 0 aliphatic carbocycles. The standard InChI is InChI=1S/C25H27N3O4/c1-27-14-6-9-21(27)24(29)26-13-12-20(15-18-7-4-3-5-8-18)28(2)25(30)19-10-11-22-23(16-19)32-17-31-22/h3-11,14,16,20H,12-13,15,17H2,1-2H3,(H,26,29)/t20-/m1/s1. The number of fused-ring (bicyclic) bond motifs is 1. The van der Waals surface area contributed by atoms with E-state index in [1.165, 1.54) is 0 Å². The number of aryl methyl sites for hydroxylation is 1. The van der Waals surface area contributed by atoms with Gasteiger partial charge < -0.3 is 24.3 Å². The minimum absolute atomic E-state index is 0.0935. The van der Waals surface area contributed by atoms with Crippen LogP contribution in [0.1, 0.15) is 32.8 Å². The second kappa shape index (κ2) is 9.60. The van der Waals surface area contributed by atoms with Crippen molar-refractivity contribution in [2.24, 2.45) is 7.05 Å². The molecule has 7 heteroatoms. The van der Waals surface area contributed by atoms with E-state index in [0.29, 0.717) is 42.1 Å². The molecule has 1 aliphatic heterocycles. The van der Waals surface area contributed by atoms with E-state index in [-0.39, 0.29) is 24.6 Å². The van der Waals surface area contributed by atoms with Crippen molar-refractivity contribution in [3.8, 4) is 11.5 Å². The smallest absolute Gasteiger partial charge is 0.267 e. The lowest BCUT2D eigenvalue weighted by Crippen LogP contribution is -2.41. The minimum atomic E-state index is -0.124. The Morgan fingerprint density at radius 3 is 2.59 bits per heavy atom. The van der Waals surface area contributed by atoms with Gasteiger partial charge in [0.05, 0.1) is 0 Å². The van der Waals surface area contributed by atoms with Crippen LogP contribution in [0.25, 0.3) is 0 Å². The van der Waals surface area contributed by atoms with E-state index in [4.69, 9.17) is 9.47 Å². The summed E-state index contributed by atoms with van der Waals surface area (Å²) in [4.78, 5) is 27.5. The van der Waals surface area contributed by atoms with Crippen LogP contribution in [0.2, 0.25) is 0 Å². The molecule has 0 fully saturated rings. The number of hydrogen-bond donors (Lipinski definition) is 1. The molecule has 2 amide bonds. The van der Waals surface area contributed by atoms with E-state index >= 15 is 0 Å². The zero-order chi connectivity index (χ0) is 22.5. The number of benzene rings is 2. The molecule has 4 rings (SSSR count). The van der Waals surface area contributed by atoms with E-state index < -0.39 is 0 Å². The number of carbonyl (C=O) groups is 2. The van der Waals surface area contributed by atoms with Crippen LogP contribution < -0.4 is 14.8 Å². The average Bonchev–Trinajstić information content (AvgIpc) is 3.46. The van der Waals surface area contributed by atoms with Gasteiger partial charge >= 0.3 is 0 Å². The van der Waals surface area contributed by atoms with Crippen LogP contribution >= 0.6 is 0 Å². The van der Waals surface area contributed by atoms with Crippen LogP contribution in [0.4, 0.5) is 0 Å². The molecule has 0 unspecified atom stereocenters. The number of ether oxygens (including phenoxy) is 2. The summed E-state index contributed by atoms with van der Waals surface area (Å²) < 4.78 is 12.5. The Morgan fingerprint density at radius 1 is 1.06 bits per heavy atom. The van der Waals surface area contributed by atoms with Gasteiger partial charge in [-0.05, 0) is 48.7 Å². The Hall–Kier alpha value is -3.74. The maximum Gasteiger partial charge on any atom is 0.267 e. The molecule has 1 atom stereocenters. The van der Waals surface area contributed by atoms with Crippen molar-refractivity contribution in [1.82, 2.24) is 14.8 Å². The number of hydrogen-bond acceptors (Lipinski definition) is 4. The molecule has 0 saturated carbocycles. The Bertz CT molecular complexity index is 1090. The Labute approximate surface area is 187 Å². The quantitative estimate of drug-likeness (QED) is 0.592. The number of nitrogens with zero attached hydrogens (tertiary/aromatic N) is 2. The predicted molar refractivity (Wildman–Crippen MR) is 121 cm³/mol. The topological polar surface area (TPSA) is 72.8 Å². The lowest BCUT2D eigenvalue weighted by Gasteiger charge is -2.29. The van der Waals surface area contributed by atoms with E-state index in [1.807, 2.05) is 37.5 Å². The number of nitrogens with one attached hydrogen (secondary N) is 1. The van der Waals surface area contributed by atoms with Gasteiger partial charge in [0.1, 0.15) is 5.69 Å². The second-order valence-electron chi connectivity index (χ2n) is 7.88. The maximum atomic E-state index is 13.2. The first kappa shape index (κ1) is 21.5. The Balaban J connectivity index is 1.46. The number of carbonyl (C=O) groups excluding carboxylic acids is 2. The normalized spacial score (nSPS) is 12.9. The van der Waals surface area contributed by atoms with Gasteiger partial charge in [-0.3, -0.25) is 9.59 Å². The molecule has 2 aromatic carbocycles. The van der Waals surface area contributed by atoms with Crippen LogP contribution in [0, 0.1) is 0 Å². The van der Waals surface area contributed by atoms with Gasteiger partial charge in [0, 0.05) is 38.4 Å². The third-order valence-corrected chi connectivity index (χ3v) is 5.74. The number of aromatic nitrogens is 1. The Morgan fingerprint density at radius 2 is 1.84 bits per heavy atom.